The third-order valence-corrected chi connectivity index (χ3v) is 9.50. The first-order valence-corrected chi connectivity index (χ1v) is 20.9. The van der Waals surface area contributed by atoms with Crippen LogP contribution >= 0.6 is 0 Å². The molecule has 2 N–H and O–H groups in total. The molecule has 282 valence electrons. The first kappa shape index (κ1) is 44.7. The SMILES string of the molecule is CCCCCCCCCCCC(=O)Nc1cc(C)cc(NC(=O)CCCCCCCCCCC)c1OC(=O)CCCCCCCCCCC. The van der Waals surface area contributed by atoms with E-state index < -0.39 is 0 Å². The highest BCUT2D eigenvalue weighted by Gasteiger charge is 2.19. The minimum atomic E-state index is -0.323. The van der Waals surface area contributed by atoms with Crippen LogP contribution in [0.25, 0.3) is 0 Å². The molecule has 2 amide bonds. The van der Waals surface area contributed by atoms with Crippen LogP contribution in [0.4, 0.5) is 11.4 Å². The molecular weight excluding hydrogens is 608 g/mol. The Morgan fingerprint density at radius 2 is 0.735 bits per heavy atom. The Hall–Kier alpha value is -2.37. The van der Waals surface area contributed by atoms with Crippen LogP contribution in [0, 0.1) is 6.92 Å². The quantitative estimate of drug-likeness (QED) is 0.0438. The molecule has 1 aromatic carbocycles. The number of carbonyl (C=O) groups excluding carboxylic acids is 3. The van der Waals surface area contributed by atoms with Gasteiger partial charge in [0.25, 0.3) is 0 Å². The molecule has 6 nitrogen and oxygen atoms in total. The number of aryl methyl sites for hydroxylation is 1. The maximum absolute atomic E-state index is 13.0. The number of hydrogen-bond acceptors (Lipinski definition) is 4. The van der Waals surface area contributed by atoms with Gasteiger partial charge in [-0.2, -0.15) is 0 Å². The lowest BCUT2D eigenvalue weighted by molar-refractivity contribution is -0.134. The van der Waals surface area contributed by atoms with Gasteiger partial charge in [-0.05, 0) is 43.9 Å². The summed E-state index contributed by atoms with van der Waals surface area (Å²) >= 11 is 0. The van der Waals surface area contributed by atoms with Crippen molar-refractivity contribution in [3.8, 4) is 5.75 Å². The van der Waals surface area contributed by atoms with Crippen LogP contribution in [-0.2, 0) is 14.4 Å². The predicted molar refractivity (Wildman–Crippen MR) is 210 cm³/mol. The molecule has 0 unspecified atom stereocenters. The molecule has 0 aromatic heterocycles. The first-order valence-electron chi connectivity index (χ1n) is 20.9. The van der Waals surface area contributed by atoms with E-state index in [9.17, 15) is 14.4 Å². The molecular formula is C43H76N2O4. The molecule has 49 heavy (non-hydrogen) atoms. The first-order chi connectivity index (χ1) is 23.9. The number of hydrogen-bond donors (Lipinski definition) is 2. The van der Waals surface area contributed by atoms with Crippen molar-refractivity contribution in [3.05, 3.63) is 17.7 Å². The molecule has 1 rings (SSSR count). The van der Waals surface area contributed by atoms with Gasteiger partial charge in [-0.3, -0.25) is 14.4 Å². The second-order valence-corrected chi connectivity index (χ2v) is 14.5. The van der Waals surface area contributed by atoms with Gasteiger partial charge in [0.1, 0.15) is 0 Å². The summed E-state index contributed by atoms with van der Waals surface area (Å²) < 4.78 is 5.93. The van der Waals surface area contributed by atoms with E-state index >= 15 is 0 Å². The fourth-order valence-electron chi connectivity index (χ4n) is 6.43. The van der Waals surface area contributed by atoms with Crippen molar-refractivity contribution in [1.29, 1.82) is 0 Å². The number of unbranched alkanes of at least 4 members (excludes halogenated alkanes) is 24. The van der Waals surface area contributed by atoms with Crippen molar-refractivity contribution in [2.24, 2.45) is 0 Å². The predicted octanol–water partition coefficient (Wildman–Crippen LogP) is 13.5. The van der Waals surface area contributed by atoms with E-state index in [1.165, 1.54) is 116 Å². The Labute approximate surface area is 302 Å². The summed E-state index contributed by atoms with van der Waals surface area (Å²) in [6.07, 6.45) is 33.2. The number of carbonyl (C=O) groups is 3. The van der Waals surface area contributed by atoms with Crippen LogP contribution < -0.4 is 15.4 Å². The second-order valence-electron chi connectivity index (χ2n) is 14.5. The lowest BCUT2D eigenvalue weighted by Gasteiger charge is -2.17. The molecule has 0 spiro atoms. The van der Waals surface area contributed by atoms with Crippen LogP contribution in [0.1, 0.15) is 219 Å². The average Bonchev–Trinajstić information content (AvgIpc) is 3.07. The van der Waals surface area contributed by atoms with Crippen molar-refractivity contribution in [2.75, 3.05) is 10.6 Å². The highest BCUT2D eigenvalue weighted by molar-refractivity contribution is 5.98. The van der Waals surface area contributed by atoms with Crippen molar-refractivity contribution >= 4 is 29.2 Å². The number of ether oxygens (including phenoxy) is 1. The third kappa shape index (κ3) is 25.3. The van der Waals surface area contributed by atoms with Gasteiger partial charge in [0.05, 0.1) is 11.4 Å². The molecule has 0 fully saturated rings. The van der Waals surface area contributed by atoms with Gasteiger partial charge in [-0.25, -0.2) is 0 Å². The summed E-state index contributed by atoms with van der Waals surface area (Å²) in [5.74, 6) is -0.239. The van der Waals surface area contributed by atoms with E-state index in [4.69, 9.17) is 4.74 Å². The zero-order chi connectivity index (χ0) is 35.8. The zero-order valence-electron chi connectivity index (χ0n) is 32.5. The Kier molecular flexibility index (Phi) is 28.8. The van der Waals surface area contributed by atoms with E-state index in [0.29, 0.717) is 30.6 Å². The standard InChI is InChI=1S/C43H76N2O4/c1-5-8-11-14-17-20-23-26-29-32-40(46)44-38-35-37(4)36-39(45-41(47)33-30-27-24-21-18-15-12-9-6-2)43(38)49-42(48)34-31-28-25-22-19-16-13-10-7-3/h35-36H,5-34H2,1-4H3,(H,44,46)(H,45,47). The van der Waals surface area contributed by atoms with Crippen LogP contribution in [0.3, 0.4) is 0 Å². The van der Waals surface area contributed by atoms with Crippen molar-refractivity contribution < 1.29 is 19.1 Å². The number of rotatable bonds is 33. The fraction of sp³-hybridized carbons (Fsp3) is 0.791. The zero-order valence-corrected chi connectivity index (χ0v) is 32.5. The largest absolute Gasteiger partial charge is 0.422 e. The van der Waals surface area contributed by atoms with E-state index in [-0.39, 0.29) is 23.5 Å². The van der Waals surface area contributed by atoms with Gasteiger partial charge in [-0.15, -0.1) is 0 Å². The van der Waals surface area contributed by atoms with Gasteiger partial charge in [0.15, 0.2) is 5.75 Å². The van der Waals surface area contributed by atoms with Gasteiger partial charge < -0.3 is 15.4 Å². The monoisotopic (exact) mass is 685 g/mol. The Morgan fingerprint density at radius 3 is 1.06 bits per heavy atom. The number of esters is 1. The molecule has 0 aliphatic carbocycles. The Morgan fingerprint density at radius 1 is 0.449 bits per heavy atom. The summed E-state index contributed by atoms with van der Waals surface area (Å²) in [6, 6.07) is 3.68. The minimum absolute atomic E-state index is 0.0863. The highest BCUT2D eigenvalue weighted by atomic mass is 16.5. The van der Waals surface area contributed by atoms with Crippen LogP contribution in [0.5, 0.6) is 5.75 Å². The molecule has 0 atom stereocenters. The van der Waals surface area contributed by atoms with E-state index in [1.807, 2.05) is 19.1 Å². The van der Waals surface area contributed by atoms with E-state index in [2.05, 4.69) is 31.4 Å². The smallest absolute Gasteiger partial charge is 0.311 e. The second kappa shape index (κ2) is 31.6. The molecule has 0 aliphatic heterocycles. The maximum Gasteiger partial charge on any atom is 0.311 e. The summed E-state index contributed by atoms with van der Waals surface area (Å²) in [6.45, 7) is 8.65. The topological polar surface area (TPSA) is 84.5 Å². The van der Waals surface area contributed by atoms with E-state index in [1.54, 1.807) is 0 Å². The van der Waals surface area contributed by atoms with Gasteiger partial charge in [0.2, 0.25) is 11.8 Å². The molecule has 0 aliphatic rings. The van der Waals surface area contributed by atoms with Crippen LogP contribution in [-0.4, -0.2) is 17.8 Å². The van der Waals surface area contributed by atoms with Crippen LogP contribution in [0.2, 0.25) is 0 Å². The summed E-state index contributed by atoms with van der Waals surface area (Å²) in [7, 11) is 0. The van der Waals surface area contributed by atoms with Gasteiger partial charge in [-0.1, -0.05) is 175 Å². The van der Waals surface area contributed by atoms with Gasteiger partial charge >= 0.3 is 5.97 Å². The Balaban J connectivity index is 2.72. The summed E-state index contributed by atoms with van der Waals surface area (Å²) in [5, 5.41) is 6.04. The maximum atomic E-state index is 13.0. The number of anilines is 2. The lowest BCUT2D eigenvalue weighted by atomic mass is 10.1. The molecule has 6 heteroatoms. The summed E-state index contributed by atoms with van der Waals surface area (Å²) in [5.41, 5.74) is 1.80. The number of benzene rings is 1. The molecule has 1 aromatic rings. The molecule has 0 saturated heterocycles. The number of nitrogens with one attached hydrogen (secondary N) is 2. The fourth-order valence-corrected chi connectivity index (χ4v) is 6.43. The number of amides is 2. The molecule has 0 bridgehead atoms. The van der Waals surface area contributed by atoms with Crippen LogP contribution in [0.15, 0.2) is 12.1 Å². The third-order valence-electron chi connectivity index (χ3n) is 9.50. The minimum Gasteiger partial charge on any atom is -0.422 e. The highest BCUT2D eigenvalue weighted by Crippen LogP contribution is 2.36. The summed E-state index contributed by atoms with van der Waals surface area (Å²) in [4.78, 5) is 39.1. The van der Waals surface area contributed by atoms with Gasteiger partial charge in [0, 0.05) is 19.3 Å². The molecule has 0 radical (unpaired) electrons. The van der Waals surface area contributed by atoms with Crippen molar-refractivity contribution in [1.82, 2.24) is 0 Å². The van der Waals surface area contributed by atoms with Crippen molar-refractivity contribution in [2.45, 2.75) is 220 Å². The van der Waals surface area contributed by atoms with E-state index in [0.717, 1.165) is 63.4 Å². The average molecular weight is 685 g/mol. The molecule has 0 saturated carbocycles. The Bertz CT molecular complexity index is 935. The molecule has 0 heterocycles. The van der Waals surface area contributed by atoms with Crippen molar-refractivity contribution in [3.63, 3.8) is 0 Å². The normalized spacial score (nSPS) is 11.1. The lowest BCUT2D eigenvalue weighted by Crippen LogP contribution is -2.18.